The van der Waals surface area contributed by atoms with Gasteiger partial charge in [0, 0.05) is 19.2 Å². The van der Waals surface area contributed by atoms with E-state index in [4.69, 9.17) is 14.2 Å². The zero-order chi connectivity index (χ0) is 21.6. The number of methoxy groups -OCH3 is 3. The first-order valence-electron chi connectivity index (χ1n) is 10.0. The minimum atomic E-state index is -0.689. The van der Waals surface area contributed by atoms with Crippen LogP contribution < -0.4 is 14.2 Å². The first-order valence-corrected chi connectivity index (χ1v) is 10.0. The third-order valence-corrected chi connectivity index (χ3v) is 6.09. The topological polar surface area (TPSA) is 75.0 Å². The molecule has 0 spiro atoms. The molecule has 7 heteroatoms. The van der Waals surface area contributed by atoms with Gasteiger partial charge in [-0.3, -0.25) is 9.69 Å². The quantitative estimate of drug-likeness (QED) is 0.663. The number of ether oxygens (including phenoxy) is 3. The van der Waals surface area contributed by atoms with E-state index >= 15 is 0 Å². The summed E-state index contributed by atoms with van der Waals surface area (Å²) in [6.07, 6.45) is 4.58. The van der Waals surface area contributed by atoms with E-state index in [2.05, 4.69) is 6.07 Å². The van der Waals surface area contributed by atoms with Gasteiger partial charge in [-0.2, -0.15) is 5.26 Å². The fourth-order valence-corrected chi connectivity index (χ4v) is 4.03. The van der Waals surface area contributed by atoms with Gasteiger partial charge in [0.05, 0.1) is 33.4 Å². The van der Waals surface area contributed by atoms with Crippen LogP contribution in [0.4, 0.5) is 0 Å². The maximum atomic E-state index is 13.2. The summed E-state index contributed by atoms with van der Waals surface area (Å²) in [5, 5.41) is 9.79. The Bertz CT molecular complexity index is 753. The van der Waals surface area contributed by atoms with Crippen molar-refractivity contribution in [1.82, 2.24) is 9.80 Å². The summed E-state index contributed by atoms with van der Waals surface area (Å²) in [7, 11) is 8.39. The minimum absolute atomic E-state index is 0.0459. The molecule has 1 aromatic rings. The summed E-state index contributed by atoms with van der Waals surface area (Å²) in [4.78, 5) is 16.8. The van der Waals surface area contributed by atoms with Gasteiger partial charge < -0.3 is 19.1 Å². The molecular formula is C22H33N3O4. The first-order chi connectivity index (χ1) is 13.8. The molecule has 0 N–H and O–H groups in total. The molecule has 0 bridgehead atoms. The van der Waals surface area contributed by atoms with Crippen LogP contribution in [-0.4, -0.2) is 62.7 Å². The van der Waals surface area contributed by atoms with Crippen LogP contribution in [0.5, 0.6) is 17.2 Å². The van der Waals surface area contributed by atoms with Crippen LogP contribution in [0.15, 0.2) is 12.1 Å². The highest BCUT2D eigenvalue weighted by Gasteiger charge is 2.40. The fourth-order valence-electron chi connectivity index (χ4n) is 4.03. The molecule has 29 heavy (non-hydrogen) atoms. The van der Waals surface area contributed by atoms with Crippen LogP contribution >= 0.6 is 0 Å². The lowest BCUT2D eigenvalue weighted by molar-refractivity contribution is -0.139. The van der Waals surface area contributed by atoms with E-state index in [0.717, 1.165) is 37.7 Å². The fraction of sp³-hybridized carbons (Fsp3) is 0.636. The molecule has 7 nitrogen and oxygen atoms in total. The summed E-state index contributed by atoms with van der Waals surface area (Å²) < 4.78 is 16.3. The Morgan fingerprint density at radius 2 is 1.72 bits per heavy atom. The normalized spacial score (nSPS) is 16.6. The Balaban J connectivity index is 2.19. The van der Waals surface area contributed by atoms with E-state index in [1.165, 1.54) is 0 Å². The van der Waals surface area contributed by atoms with Gasteiger partial charge in [-0.15, -0.1) is 0 Å². The Morgan fingerprint density at radius 1 is 1.10 bits per heavy atom. The molecule has 0 unspecified atom stereocenters. The Labute approximate surface area is 174 Å². The second-order valence-corrected chi connectivity index (χ2v) is 7.69. The predicted octanol–water partition coefficient (Wildman–Crippen LogP) is 3.22. The highest BCUT2D eigenvalue weighted by atomic mass is 16.5. The number of amides is 1. The largest absolute Gasteiger partial charge is 0.493 e. The van der Waals surface area contributed by atoms with Crippen molar-refractivity contribution in [2.45, 2.75) is 57.2 Å². The molecule has 0 radical (unpaired) electrons. The molecule has 1 aliphatic rings. The SMILES string of the molecule is COc1ccc(CN(C)[C@@H](C)C(=O)N(C)C2(C#N)CCCCC2)c(OC)c1OC. The van der Waals surface area contributed by atoms with Crippen LogP contribution in [0.2, 0.25) is 0 Å². The number of hydrogen-bond acceptors (Lipinski definition) is 6. The van der Waals surface area contributed by atoms with Gasteiger partial charge in [0.1, 0.15) is 5.54 Å². The van der Waals surface area contributed by atoms with Crippen molar-refractivity contribution in [2.24, 2.45) is 0 Å². The minimum Gasteiger partial charge on any atom is -0.493 e. The molecule has 0 saturated heterocycles. The Morgan fingerprint density at radius 3 is 2.24 bits per heavy atom. The zero-order valence-electron chi connectivity index (χ0n) is 18.4. The first kappa shape index (κ1) is 22.8. The molecule has 0 aromatic heterocycles. The van der Waals surface area contributed by atoms with Crippen LogP contribution in [-0.2, 0) is 11.3 Å². The molecule has 1 amide bonds. The molecular weight excluding hydrogens is 370 g/mol. The van der Waals surface area contributed by atoms with Crippen molar-refractivity contribution < 1.29 is 19.0 Å². The zero-order valence-corrected chi connectivity index (χ0v) is 18.4. The van der Waals surface area contributed by atoms with Crippen LogP contribution in [0.25, 0.3) is 0 Å². The summed E-state index contributed by atoms with van der Waals surface area (Å²) in [6.45, 7) is 2.36. The van der Waals surface area contributed by atoms with E-state index < -0.39 is 5.54 Å². The highest BCUT2D eigenvalue weighted by molar-refractivity contribution is 5.82. The van der Waals surface area contributed by atoms with Gasteiger partial charge in [-0.05, 0) is 32.9 Å². The number of carbonyl (C=O) groups is 1. The molecule has 0 aliphatic heterocycles. The Hall–Kier alpha value is -2.46. The summed E-state index contributed by atoms with van der Waals surface area (Å²) in [5.41, 5.74) is 0.202. The van der Waals surface area contributed by atoms with Crippen LogP contribution in [0, 0.1) is 11.3 Å². The van der Waals surface area contributed by atoms with E-state index in [9.17, 15) is 10.1 Å². The maximum Gasteiger partial charge on any atom is 0.240 e. The standard InChI is InChI=1S/C22H33N3O4/c1-16(21(26)25(3)22(15-23)12-8-7-9-13-22)24(2)14-17-10-11-18(27-4)20(29-6)19(17)28-5/h10-11,16H,7-9,12-14H2,1-6H3/t16-/m0/s1. The van der Waals surface area contributed by atoms with E-state index in [0.29, 0.717) is 23.8 Å². The van der Waals surface area contributed by atoms with Crippen molar-refractivity contribution in [3.63, 3.8) is 0 Å². The van der Waals surface area contributed by atoms with Gasteiger partial charge in [-0.1, -0.05) is 25.3 Å². The van der Waals surface area contributed by atoms with Crippen LogP contribution in [0.3, 0.4) is 0 Å². The maximum absolute atomic E-state index is 13.2. The summed E-state index contributed by atoms with van der Waals surface area (Å²) in [5.74, 6) is 1.67. The molecule has 1 fully saturated rings. The number of benzene rings is 1. The molecule has 2 rings (SSSR count). The van der Waals surface area contributed by atoms with Gasteiger partial charge in [0.2, 0.25) is 11.7 Å². The number of carbonyl (C=O) groups excluding carboxylic acids is 1. The number of likely N-dealkylation sites (N-methyl/N-ethyl adjacent to an activating group) is 2. The van der Waals surface area contributed by atoms with Gasteiger partial charge in [0.15, 0.2) is 11.5 Å². The van der Waals surface area contributed by atoms with E-state index in [1.54, 1.807) is 33.3 Å². The third kappa shape index (κ3) is 4.59. The molecule has 0 heterocycles. The molecule has 1 aromatic carbocycles. The number of nitrogens with zero attached hydrogens (tertiary/aromatic N) is 3. The van der Waals surface area contributed by atoms with E-state index in [-0.39, 0.29) is 11.9 Å². The van der Waals surface area contributed by atoms with Crippen molar-refractivity contribution in [1.29, 1.82) is 5.26 Å². The number of rotatable bonds is 8. The lowest BCUT2D eigenvalue weighted by Gasteiger charge is -2.41. The van der Waals surface area contributed by atoms with Gasteiger partial charge in [-0.25, -0.2) is 0 Å². The molecule has 160 valence electrons. The highest BCUT2D eigenvalue weighted by Crippen LogP contribution is 2.40. The van der Waals surface area contributed by atoms with Crippen molar-refractivity contribution >= 4 is 5.91 Å². The van der Waals surface area contributed by atoms with E-state index in [1.807, 2.05) is 31.0 Å². The second kappa shape index (κ2) is 9.84. The van der Waals surface area contributed by atoms with Crippen molar-refractivity contribution in [3.05, 3.63) is 17.7 Å². The number of hydrogen-bond donors (Lipinski definition) is 0. The summed E-state index contributed by atoms with van der Waals surface area (Å²) >= 11 is 0. The van der Waals surface area contributed by atoms with Gasteiger partial charge in [0.25, 0.3) is 0 Å². The lowest BCUT2D eigenvalue weighted by Crippen LogP contribution is -2.55. The predicted molar refractivity (Wildman–Crippen MR) is 111 cm³/mol. The third-order valence-electron chi connectivity index (χ3n) is 6.09. The Kier molecular flexibility index (Phi) is 7.74. The van der Waals surface area contributed by atoms with Crippen LogP contribution in [0.1, 0.15) is 44.6 Å². The average molecular weight is 404 g/mol. The molecule has 1 aliphatic carbocycles. The average Bonchev–Trinajstić information content (AvgIpc) is 2.77. The monoisotopic (exact) mass is 403 g/mol. The summed E-state index contributed by atoms with van der Waals surface area (Å²) in [6, 6.07) is 5.78. The number of nitriles is 1. The van der Waals surface area contributed by atoms with Gasteiger partial charge >= 0.3 is 0 Å². The molecule has 1 saturated carbocycles. The smallest absolute Gasteiger partial charge is 0.240 e. The molecule has 1 atom stereocenters. The van der Waals surface area contributed by atoms with Crippen molar-refractivity contribution in [2.75, 3.05) is 35.4 Å². The van der Waals surface area contributed by atoms with Crippen molar-refractivity contribution in [3.8, 4) is 23.3 Å². The second-order valence-electron chi connectivity index (χ2n) is 7.69. The lowest BCUT2D eigenvalue weighted by atomic mass is 9.81.